The number of fused-ring (bicyclic) bond motifs is 1. The van der Waals surface area contributed by atoms with E-state index in [2.05, 4.69) is 6.58 Å². The van der Waals surface area contributed by atoms with Crippen LogP contribution in [0.2, 0.25) is 0 Å². The van der Waals surface area contributed by atoms with Gasteiger partial charge in [0.2, 0.25) is 0 Å². The van der Waals surface area contributed by atoms with E-state index in [4.69, 9.17) is 4.74 Å². The van der Waals surface area contributed by atoms with Crippen molar-refractivity contribution in [2.24, 2.45) is 5.41 Å². The quantitative estimate of drug-likeness (QED) is 0.719. The maximum Gasteiger partial charge on any atom is 0.256 e. The van der Waals surface area contributed by atoms with Crippen molar-refractivity contribution in [1.29, 1.82) is 0 Å². The Bertz CT molecular complexity index is 758. The predicted molar refractivity (Wildman–Crippen MR) is 103 cm³/mol. The van der Waals surface area contributed by atoms with E-state index in [1.807, 2.05) is 56.3 Å². The minimum absolute atomic E-state index is 0.0308. The van der Waals surface area contributed by atoms with E-state index >= 15 is 0 Å². The Balaban J connectivity index is 1.76. The molecule has 1 amide bonds. The third kappa shape index (κ3) is 3.81. The molecule has 3 rings (SSSR count). The maximum absolute atomic E-state index is 12.9. The van der Waals surface area contributed by atoms with Crippen LogP contribution in [-0.4, -0.2) is 35.7 Å². The van der Waals surface area contributed by atoms with Crippen LogP contribution in [0.1, 0.15) is 48.8 Å². The molecule has 1 atom stereocenters. The lowest BCUT2D eigenvalue weighted by atomic mass is 10.1. The van der Waals surface area contributed by atoms with Crippen molar-refractivity contribution in [1.82, 2.24) is 4.90 Å². The Kier molecular flexibility index (Phi) is 5.44. The van der Waals surface area contributed by atoms with Crippen molar-refractivity contribution in [3.05, 3.63) is 71.3 Å². The predicted octanol–water partition coefficient (Wildman–Crippen LogP) is 4.01. The smallest absolute Gasteiger partial charge is 0.256 e. The molecule has 0 aromatic heterocycles. The zero-order valence-corrected chi connectivity index (χ0v) is 15.6. The van der Waals surface area contributed by atoms with E-state index < -0.39 is 6.23 Å². The number of amides is 1. The molecule has 1 saturated carbocycles. The number of benzene rings is 1. The average molecular weight is 353 g/mol. The highest BCUT2D eigenvalue weighted by Crippen LogP contribution is 2.47. The monoisotopic (exact) mass is 353 g/mol. The summed E-state index contributed by atoms with van der Waals surface area (Å²) in [5.41, 5.74) is 3.46. The zero-order valence-electron chi connectivity index (χ0n) is 15.6. The fourth-order valence-electron chi connectivity index (χ4n) is 3.07. The summed E-state index contributed by atoms with van der Waals surface area (Å²) in [6, 6.07) is 7.58. The van der Waals surface area contributed by atoms with Crippen molar-refractivity contribution in [3.8, 4) is 0 Å². The standard InChI is InChI=1S/C22H27NO3/c1-4-16(2)9-10-17(3)13-23-20(25)18-7-5-6-8-19(18)21(23)26-15-22(14-24)11-12-22/h4-10,21,24H,3,11-15H2,1-2H3/b10-9-,16-4-. The van der Waals surface area contributed by atoms with Gasteiger partial charge in [-0.2, -0.15) is 0 Å². The number of hydrogen-bond donors (Lipinski definition) is 1. The van der Waals surface area contributed by atoms with Gasteiger partial charge in [-0.25, -0.2) is 0 Å². The third-order valence-electron chi connectivity index (χ3n) is 5.25. The fourth-order valence-corrected chi connectivity index (χ4v) is 3.07. The van der Waals surface area contributed by atoms with E-state index in [0.29, 0.717) is 18.7 Å². The molecule has 1 aliphatic carbocycles. The largest absolute Gasteiger partial charge is 0.396 e. The van der Waals surface area contributed by atoms with Gasteiger partial charge in [0, 0.05) is 23.1 Å². The number of nitrogens with zero attached hydrogens (tertiary/aromatic N) is 1. The van der Waals surface area contributed by atoms with Gasteiger partial charge in [-0.1, -0.05) is 48.6 Å². The summed E-state index contributed by atoms with van der Waals surface area (Å²) in [5, 5.41) is 9.55. The molecule has 1 aliphatic heterocycles. The second kappa shape index (κ2) is 7.60. The number of ether oxygens (including phenoxy) is 1. The second-order valence-electron chi connectivity index (χ2n) is 7.37. The summed E-state index contributed by atoms with van der Waals surface area (Å²) >= 11 is 0. The van der Waals surface area contributed by atoms with Crippen molar-refractivity contribution >= 4 is 5.91 Å². The first-order chi connectivity index (χ1) is 12.5. The number of hydrogen-bond acceptors (Lipinski definition) is 3. The number of rotatable bonds is 8. The van der Waals surface area contributed by atoms with Gasteiger partial charge < -0.3 is 14.7 Å². The number of allylic oxidation sites excluding steroid dienone is 3. The van der Waals surface area contributed by atoms with Gasteiger partial charge in [0.15, 0.2) is 6.23 Å². The Labute approximate surface area is 155 Å². The van der Waals surface area contributed by atoms with Gasteiger partial charge in [0.05, 0.1) is 13.2 Å². The number of carbonyl (C=O) groups is 1. The number of aliphatic hydroxyl groups is 1. The zero-order chi connectivity index (χ0) is 18.7. The lowest BCUT2D eigenvalue weighted by Crippen LogP contribution is -2.32. The molecule has 1 heterocycles. The fraction of sp³-hybridized carbons (Fsp3) is 0.409. The van der Waals surface area contributed by atoms with Crippen molar-refractivity contribution in [2.75, 3.05) is 19.8 Å². The summed E-state index contributed by atoms with van der Waals surface area (Å²) in [6.07, 6.45) is 7.50. The van der Waals surface area contributed by atoms with Crippen LogP contribution < -0.4 is 0 Å². The van der Waals surface area contributed by atoms with Crippen molar-refractivity contribution in [3.63, 3.8) is 0 Å². The van der Waals surface area contributed by atoms with Crippen LogP contribution in [0.3, 0.4) is 0 Å². The highest BCUT2D eigenvalue weighted by Gasteiger charge is 2.45. The molecule has 1 aromatic carbocycles. The van der Waals surface area contributed by atoms with Crippen LogP contribution in [0.25, 0.3) is 0 Å². The van der Waals surface area contributed by atoms with Crippen LogP contribution in [0.15, 0.2) is 60.2 Å². The van der Waals surface area contributed by atoms with Gasteiger partial charge in [-0.3, -0.25) is 4.79 Å². The molecule has 0 bridgehead atoms. The minimum atomic E-state index is -0.421. The van der Waals surface area contributed by atoms with Crippen LogP contribution in [0.4, 0.5) is 0 Å². The summed E-state index contributed by atoms with van der Waals surface area (Å²) in [7, 11) is 0. The molecular weight excluding hydrogens is 326 g/mol. The molecule has 138 valence electrons. The first kappa shape index (κ1) is 18.6. The topological polar surface area (TPSA) is 49.8 Å². The van der Waals surface area contributed by atoms with E-state index in [0.717, 1.165) is 29.6 Å². The molecule has 0 spiro atoms. The molecule has 26 heavy (non-hydrogen) atoms. The van der Waals surface area contributed by atoms with Gasteiger partial charge in [-0.15, -0.1) is 0 Å². The lowest BCUT2D eigenvalue weighted by molar-refractivity contribution is -0.0600. The van der Waals surface area contributed by atoms with E-state index in [-0.39, 0.29) is 17.9 Å². The van der Waals surface area contributed by atoms with E-state index in [1.54, 1.807) is 4.90 Å². The number of aliphatic hydroxyl groups excluding tert-OH is 1. The van der Waals surface area contributed by atoms with Crippen LogP contribution in [-0.2, 0) is 4.74 Å². The first-order valence-electron chi connectivity index (χ1n) is 9.11. The highest BCUT2D eigenvalue weighted by atomic mass is 16.5. The van der Waals surface area contributed by atoms with Gasteiger partial charge in [-0.05, 0) is 38.3 Å². The molecule has 1 N–H and O–H groups in total. The van der Waals surface area contributed by atoms with Crippen molar-refractivity contribution < 1.29 is 14.6 Å². The summed E-state index contributed by atoms with van der Waals surface area (Å²) in [6.45, 7) is 9.11. The molecule has 0 radical (unpaired) electrons. The van der Waals surface area contributed by atoms with Gasteiger partial charge >= 0.3 is 0 Å². The highest BCUT2D eigenvalue weighted by molar-refractivity contribution is 5.99. The summed E-state index contributed by atoms with van der Waals surface area (Å²) < 4.78 is 6.15. The second-order valence-corrected chi connectivity index (χ2v) is 7.37. The Morgan fingerprint density at radius 3 is 2.77 bits per heavy atom. The Morgan fingerprint density at radius 2 is 2.12 bits per heavy atom. The third-order valence-corrected chi connectivity index (χ3v) is 5.25. The van der Waals surface area contributed by atoms with Crippen LogP contribution in [0, 0.1) is 5.41 Å². The van der Waals surface area contributed by atoms with Gasteiger partial charge in [0.25, 0.3) is 5.91 Å². The normalized spacial score (nSPS) is 21.3. The maximum atomic E-state index is 12.9. The average Bonchev–Trinajstić information content (AvgIpc) is 3.40. The first-order valence-corrected chi connectivity index (χ1v) is 9.11. The molecular formula is C22H27NO3. The summed E-state index contributed by atoms with van der Waals surface area (Å²) in [5.74, 6) is -0.0308. The minimum Gasteiger partial charge on any atom is -0.396 e. The lowest BCUT2D eigenvalue weighted by Gasteiger charge is -2.27. The van der Waals surface area contributed by atoms with Crippen molar-refractivity contribution in [2.45, 2.75) is 32.9 Å². The van der Waals surface area contributed by atoms with E-state index in [9.17, 15) is 9.90 Å². The SMILES string of the molecule is C=C(/C=C\C(C)=C/C)CN1C(=O)c2ccccc2C1OCC1(CO)CC1. The molecule has 2 aliphatic rings. The molecule has 4 nitrogen and oxygen atoms in total. The molecule has 1 aromatic rings. The molecule has 0 saturated heterocycles. The Hall–Kier alpha value is -2.17. The van der Waals surface area contributed by atoms with Gasteiger partial charge in [0.1, 0.15) is 0 Å². The molecule has 4 heteroatoms. The summed E-state index contributed by atoms with van der Waals surface area (Å²) in [4.78, 5) is 14.6. The van der Waals surface area contributed by atoms with Crippen LogP contribution >= 0.6 is 0 Å². The number of carbonyl (C=O) groups excluding carboxylic acids is 1. The van der Waals surface area contributed by atoms with E-state index in [1.165, 1.54) is 0 Å². The Morgan fingerprint density at radius 1 is 1.38 bits per heavy atom. The molecule has 1 unspecified atom stereocenters. The van der Waals surface area contributed by atoms with Crippen LogP contribution in [0.5, 0.6) is 0 Å². The molecule has 1 fully saturated rings.